The number of aromatic amines is 1. The number of hydrogen-bond acceptors (Lipinski definition) is 4. The monoisotopic (exact) mass is 343 g/mol. The number of H-pyrrole nitrogens is 1. The minimum Gasteiger partial charge on any atom is -0.299 e. The van der Waals surface area contributed by atoms with Crippen LogP contribution in [0.15, 0.2) is 41.3 Å². The molecule has 0 atom stereocenters. The van der Waals surface area contributed by atoms with Crippen molar-refractivity contribution in [1.29, 1.82) is 0 Å². The Morgan fingerprint density at radius 2 is 1.96 bits per heavy atom. The Labute approximate surface area is 144 Å². The van der Waals surface area contributed by atoms with Gasteiger partial charge in [0, 0.05) is 12.5 Å². The molecule has 1 saturated heterocycles. The van der Waals surface area contributed by atoms with Crippen LogP contribution in [-0.2, 0) is 6.54 Å². The molecular formula is C17H18ClN5O. The molecule has 1 N–H and O–H groups in total. The van der Waals surface area contributed by atoms with Crippen LogP contribution in [0.2, 0.25) is 5.28 Å². The molecule has 0 amide bonds. The summed E-state index contributed by atoms with van der Waals surface area (Å²) >= 11 is 5.88. The molecule has 6 nitrogen and oxygen atoms in total. The Morgan fingerprint density at radius 3 is 2.71 bits per heavy atom. The minimum absolute atomic E-state index is 0.0910. The van der Waals surface area contributed by atoms with Gasteiger partial charge in [0.2, 0.25) is 5.28 Å². The summed E-state index contributed by atoms with van der Waals surface area (Å²) in [5, 5.41) is 3.01. The SMILES string of the molecule is O=c1nc(Cl)[nH]n2c(C3CCN(Cc4ccccc4)CC3)ncc12. The largest absolute Gasteiger partial charge is 0.299 e. The van der Waals surface area contributed by atoms with Crippen molar-refractivity contribution in [3.8, 4) is 0 Å². The number of nitrogens with one attached hydrogen (secondary N) is 1. The van der Waals surface area contributed by atoms with E-state index in [4.69, 9.17) is 11.6 Å². The lowest BCUT2D eigenvalue weighted by molar-refractivity contribution is 0.201. The van der Waals surface area contributed by atoms with Gasteiger partial charge in [-0.2, -0.15) is 4.98 Å². The second-order valence-electron chi connectivity index (χ2n) is 6.19. The first-order valence-corrected chi connectivity index (χ1v) is 8.48. The second kappa shape index (κ2) is 6.37. The van der Waals surface area contributed by atoms with E-state index in [1.807, 2.05) is 6.07 Å². The van der Waals surface area contributed by atoms with Crippen molar-refractivity contribution in [3.63, 3.8) is 0 Å². The van der Waals surface area contributed by atoms with Crippen LogP contribution in [0.3, 0.4) is 0 Å². The molecule has 7 heteroatoms. The lowest BCUT2D eigenvalue weighted by Gasteiger charge is -2.31. The van der Waals surface area contributed by atoms with E-state index in [9.17, 15) is 4.79 Å². The highest BCUT2D eigenvalue weighted by molar-refractivity contribution is 6.28. The van der Waals surface area contributed by atoms with Gasteiger partial charge in [-0.25, -0.2) is 9.50 Å². The lowest BCUT2D eigenvalue weighted by Crippen LogP contribution is -2.33. The van der Waals surface area contributed by atoms with Gasteiger partial charge >= 0.3 is 0 Å². The standard InChI is InChI=1S/C17H18ClN5O/c18-17-20-16(24)14-10-19-15(23(14)21-17)13-6-8-22(9-7-13)11-12-4-2-1-3-5-12/h1-5,10,13H,6-9,11H2,(H,20,21,24). The molecule has 0 bridgehead atoms. The van der Waals surface area contributed by atoms with Crippen molar-refractivity contribution in [2.45, 2.75) is 25.3 Å². The van der Waals surface area contributed by atoms with Gasteiger partial charge < -0.3 is 0 Å². The molecule has 3 aromatic rings. The van der Waals surface area contributed by atoms with Crippen LogP contribution in [0.5, 0.6) is 0 Å². The average molecular weight is 344 g/mol. The Balaban J connectivity index is 1.49. The molecule has 24 heavy (non-hydrogen) atoms. The third-order valence-corrected chi connectivity index (χ3v) is 4.78. The van der Waals surface area contributed by atoms with Gasteiger partial charge in [-0.05, 0) is 43.1 Å². The fourth-order valence-corrected chi connectivity index (χ4v) is 3.54. The van der Waals surface area contributed by atoms with Gasteiger partial charge in [0.25, 0.3) is 5.56 Å². The number of aromatic nitrogens is 4. The molecule has 0 saturated carbocycles. The highest BCUT2D eigenvalue weighted by Crippen LogP contribution is 2.27. The molecule has 1 aliphatic rings. The minimum atomic E-state index is -0.348. The van der Waals surface area contributed by atoms with Gasteiger partial charge in [-0.1, -0.05) is 30.3 Å². The third kappa shape index (κ3) is 2.95. The molecule has 124 valence electrons. The normalized spacial score (nSPS) is 16.7. The fraction of sp³-hybridized carbons (Fsp3) is 0.353. The van der Waals surface area contributed by atoms with E-state index in [2.05, 4.69) is 44.2 Å². The number of halogens is 1. The lowest BCUT2D eigenvalue weighted by atomic mass is 9.96. The molecule has 4 rings (SSSR count). The van der Waals surface area contributed by atoms with E-state index >= 15 is 0 Å². The van der Waals surface area contributed by atoms with E-state index in [-0.39, 0.29) is 10.8 Å². The van der Waals surface area contributed by atoms with E-state index in [0.717, 1.165) is 38.3 Å². The van der Waals surface area contributed by atoms with Crippen molar-refractivity contribution < 1.29 is 0 Å². The maximum atomic E-state index is 11.9. The van der Waals surface area contributed by atoms with Crippen molar-refractivity contribution in [2.75, 3.05) is 13.1 Å². The van der Waals surface area contributed by atoms with Gasteiger partial charge in [0.15, 0.2) is 0 Å². The number of likely N-dealkylation sites (tertiary alicyclic amines) is 1. The summed E-state index contributed by atoms with van der Waals surface area (Å²) < 4.78 is 1.69. The zero-order valence-electron chi connectivity index (χ0n) is 13.2. The number of imidazole rings is 1. The molecule has 0 radical (unpaired) electrons. The molecule has 0 aliphatic carbocycles. The van der Waals surface area contributed by atoms with E-state index < -0.39 is 0 Å². The second-order valence-corrected chi connectivity index (χ2v) is 6.55. The summed E-state index contributed by atoms with van der Waals surface area (Å²) in [6.45, 7) is 3.00. The first-order chi connectivity index (χ1) is 11.7. The number of fused-ring (bicyclic) bond motifs is 1. The molecule has 3 heterocycles. The maximum absolute atomic E-state index is 11.9. The Bertz CT molecular complexity index is 896. The number of piperidine rings is 1. The smallest absolute Gasteiger partial charge is 0.299 e. The fourth-order valence-electron chi connectivity index (χ4n) is 3.38. The molecule has 1 aromatic carbocycles. The van der Waals surface area contributed by atoms with Crippen molar-refractivity contribution in [3.05, 3.63) is 63.6 Å². The Morgan fingerprint density at radius 1 is 1.21 bits per heavy atom. The predicted molar refractivity (Wildman–Crippen MR) is 92.3 cm³/mol. The Kier molecular flexibility index (Phi) is 4.08. The summed E-state index contributed by atoms with van der Waals surface area (Å²) in [6.07, 6.45) is 3.59. The molecule has 1 aliphatic heterocycles. The maximum Gasteiger partial charge on any atom is 0.299 e. The van der Waals surface area contributed by atoms with Crippen LogP contribution in [0.25, 0.3) is 5.52 Å². The molecule has 0 unspecified atom stereocenters. The van der Waals surface area contributed by atoms with Crippen LogP contribution in [-0.4, -0.2) is 37.6 Å². The highest BCUT2D eigenvalue weighted by atomic mass is 35.5. The quantitative estimate of drug-likeness (QED) is 0.793. The topological polar surface area (TPSA) is 66.3 Å². The van der Waals surface area contributed by atoms with Crippen molar-refractivity contribution >= 4 is 17.1 Å². The van der Waals surface area contributed by atoms with Crippen molar-refractivity contribution in [2.24, 2.45) is 0 Å². The zero-order valence-corrected chi connectivity index (χ0v) is 13.9. The van der Waals surface area contributed by atoms with Crippen molar-refractivity contribution in [1.82, 2.24) is 24.5 Å². The average Bonchev–Trinajstić information content (AvgIpc) is 3.01. The van der Waals surface area contributed by atoms with Gasteiger partial charge in [-0.15, -0.1) is 0 Å². The van der Waals surface area contributed by atoms with Crippen LogP contribution in [0, 0.1) is 0 Å². The molecular weight excluding hydrogens is 326 g/mol. The van der Waals surface area contributed by atoms with Crippen LogP contribution in [0.1, 0.15) is 30.1 Å². The number of hydrogen-bond donors (Lipinski definition) is 1. The first-order valence-electron chi connectivity index (χ1n) is 8.10. The molecule has 1 fully saturated rings. The van der Waals surface area contributed by atoms with E-state index in [1.54, 1.807) is 10.7 Å². The zero-order chi connectivity index (χ0) is 16.5. The summed E-state index contributed by atoms with van der Waals surface area (Å²) in [7, 11) is 0. The summed E-state index contributed by atoms with van der Waals surface area (Å²) in [5.41, 5.74) is 1.43. The predicted octanol–water partition coefficient (Wildman–Crippen LogP) is 2.45. The molecule has 0 spiro atoms. The van der Waals surface area contributed by atoms with Crippen LogP contribution < -0.4 is 5.56 Å². The van der Waals surface area contributed by atoms with Gasteiger partial charge in [0.05, 0.1) is 6.20 Å². The van der Waals surface area contributed by atoms with Crippen LogP contribution >= 0.6 is 11.6 Å². The van der Waals surface area contributed by atoms with E-state index in [1.165, 1.54) is 5.56 Å². The Hall–Kier alpha value is -2.18. The van der Waals surface area contributed by atoms with Crippen LogP contribution in [0.4, 0.5) is 0 Å². The summed E-state index contributed by atoms with van der Waals surface area (Å²) in [6, 6.07) is 10.5. The van der Waals surface area contributed by atoms with Gasteiger partial charge in [-0.3, -0.25) is 14.8 Å². The summed E-state index contributed by atoms with van der Waals surface area (Å²) in [4.78, 5) is 22.5. The number of benzene rings is 1. The first kappa shape index (κ1) is 15.4. The van der Waals surface area contributed by atoms with E-state index in [0.29, 0.717) is 11.4 Å². The number of rotatable bonds is 3. The number of nitrogens with zero attached hydrogens (tertiary/aromatic N) is 4. The highest BCUT2D eigenvalue weighted by Gasteiger charge is 2.24. The summed E-state index contributed by atoms with van der Waals surface area (Å²) in [5.74, 6) is 1.18. The molecule has 2 aromatic heterocycles. The third-order valence-electron chi connectivity index (χ3n) is 4.61. The van der Waals surface area contributed by atoms with Gasteiger partial charge in [0.1, 0.15) is 11.3 Å².